The molecule has 0 aromatic heterocycles. The number of rotatable bonds is 4. The van der Waals surface area contributed by atoms with E-state index in [4.69, 9.17) is 10.5 Å². The summed E-state index contributed by atoms with van der Waals surface area (Å²) in [6.45, 7) is 5.36. The Morgan fingerprint density at radius 2 is 2.17 bits per heavy atom. The molecule has 0 aromatic carbocycles. The monoisotopic (exact) mass is 171 g/mol. The van der Waals surface area contributed by atoms with E-state index in [1.165, 1.54) is 12.8 Å². The summed E-state index contributed by atoms with van der Waals surface area (Å²) in [6, 6.07) is 0.397. The minimum Gasteiger partial charge on any atom is -0.378 e. The Labute approximate surface area is 75.5 Å². The lowest BCUT2D eigenvalue weighted by atomic mass is 10.1. The van der Waals surface area contributed by atoms with Gasteiger partial charge in [0, 0.05) is 12.6 Å². The fourth-order valence-electron chi connectivity index (χ4n) is 1.60. The lowest BCUT2D eigenvalue weighted by Crippen LogP contribution is -2.18. The molecule has 1 rings (SSSR count). The number of hydrogen-bond acceptors (Lipinski definition) is 2. The van der Waals surface area contributed by atoms with Gasteiger partial charge in [0.1, 0.15) is 0 Å². The van der Waals surface area contributed by atoms with Gasteiger partial charge in [-0.05, 0) is 31.6 Å². The lowest BCUT2D eigenvalue weighted by Gasteiger charge is -2.12. The third-order valence-corrected chi connectivity index (χ3v) is 2.47. The van der Waals surface area contributed by atoms with Gasteiger partial charge >= 0.3 is 0 Å². The van der Waals surface area contributed by atoms with Gasteiger partial charge in [-0.15, -0.1) is 0 Å². The minimum atomic E-state index is 0.397. The summed E-state index contributed by atoms with van der Waals surface area (Å²) in [5.74, 6) is 0.750. The highest BCUT2D eigenvalue weighted by Gasteiger charge is 2.21. The molecule has 0 aliphatic heterocycles. The Morgan fingerprint density at radius 1 is 1.42 bits per heavy atom. The summed E-state index contributed by atoms with van der Waals surface area (Å²) < 4.78 is 5.70. The zero-order valence-electron chi connectivity index (χ0n) is 8.25. The highest BCUT2D eigenvalue weighted by Crippen LogP contribution is 2.20. The summed E-state index contributed by atoms with van der Waals surface area (Å²) in [5.41, 5.74) is 5.78. The summed E-state index contributed by atoms with van der Waals surface area (Å²) in [7, 11) is 0. The molecule has 0 saturated heterocycles. The fraction of sp³-hybridized carbons (Fsp3) is 1.00. The zero-order valence-corrected chi connectivity index (χ0v) is 8.25. The van der Waals surface area contributed by atoms with Crippen LogP contribution in [0.15, 0.2) is 0 Å². The van der Waals surface area contributed by atoms with Gasteiger partial charge in [-0.2, -0.15) is 0 Å². The molecule has 0 aromatic rings. The van der Waals surface area contributed by atoms with E-state index in [-0.39, 0.29) is 0 Å². The number of ether oxygens (including phenoxy) is 1. The highest BCUT2D eigenvalue weighted by atomic mass is 16.5. The van der Waals surface area contributed by atoms with Crippen molar-refractivity contribution in [3.63, 3.8) is 0 Å². The SMILES string of the molecule is CC(C)CCOC1CCC(N)C1. The first kappa shape index (κ1) is 10.0. The van der Waals surface area contributed by atoms with E-state index < -0.39 is 0 Å². The minimum absolute atomic E-state index is 0.397. The van der Waals surface area contributed by atoms with Gasteiger partial charge in [0.25, 0.3) is 0 Å². The van der Waals surface area contributed by atoms with Crippen LogP contribution in [0.2, 0.25) is 0 Å². The molecule has 0 spiro atoms. The maximum atomic E-state index is 5.78. The first-order valence-electron chi connectivity index (χ1n) is 5.05. The average Bonchev–Trinajstić information content (AvgIpc) is 2.35. The molecular formula is C10H21NO. The van der Waals surface area contributed by atoms with E-state index in [0.29, 0.717) is 12.1 Å². The summed E-state index contributed by atoms with van der Waals surface area (Å²) in [6.07, 6.45) is 5.01. The Hall–Kier alpha value is -0.0800. The molecule has 0 heterocycles. The third-order valence-electron chi connectivity index (χ3n) is 2.47. The van der Waals surface area contributed by atoms with Gasteiger partial charge < -0.3 is 10.5 Å². The van der Waals surface area contributed by atoms with Crippen LogP contribution in [-0.2, 0) is 4.74 Å². The molecule has 1 aliphatic carbocycles. The van der Waals surface area contributed by atoms with Crippen molar-refractivity contribution < 1.29 is 4.74 Å². The van der Waals surface area contributed by atoms with E-state index in [1.807, 2.05) is 0 Å². The van der Waals surface area contributed by atoms with Crippen LogP contribution >= 0.6 is 0 Å². The molecule has 1 aliphatic rings. The predicted molar refractivity (Wildman–Crippen MR) is 51.0 cm³/mol. The molecular weight excluding hydrogens is 150 g/mol. The van der Waals surface area contributed by atoms with Crippen molar-refractivity contribution in [2.45, 2.75) is 51.7 Å². The fourth-order valence-corrected chi connectivity index (χ4v) is 1.60. The van der Waals surface area contributed by atoms with Crippen LogP contribution in [0.1, 0.15) is 39.5 Å². The zero-order chi connectivity index (χ0) is 8.97. The quantitative estimate of drug-likeness (QED) is 0.701. The smallest absolute Gasteiger partial charge is 0.0590 e. The van der Waals surface area contributed by atoms with Crippen molar-refractivity contribution in [3.05, 3.63) is 0 Å². The molecule has 2 N–H and O–H groups in total. The van der Waals surface area contributed by atoms with Gasteiger partial charge in [-0.3, -0.25) is 0 Å². The van der Waals surface area contributed by atoms with E-state index in [1.54, 1.807) is 0 Å². The second kappa shape index (κ2) is 4.83. The first-order chi connectivity index (χ1) is 5.68. The van der Waals surface area contributed by atoms with Gasteiger partial charge in [0.15, 0.2) is 0 Å². The van der Waals surface area contributed by atoms with Crippen LogP contribution in [0, 0.1) is 5.92 Å². The summed E-state index contributed by atoms with van der Waals surface area (Å²) >= 11 is 0. The lowest BCUT2D eigenvalue weighted by molar-refractivity contribution is 0.0507. The molecule has 1 fully saturated rings. The van der Waals surface area contributed by atoms with Gasteiger partial charge in [0.05, 0.1) is 6.10 Å². The first-order valence-corrected chi connectivity index (χ1v) is 5.05. The molecule has 2 unspecified atom stereocenters. The van der Waals surface area contributed by atoms with Gasteiger partial charge in [-0.1, -0.05) is 13.8 Å². The maximum absolute atomic E-state index is 5.78. The summed E-state index contributed by atoms with van der Waals surface area (Å²) in [4.78, 5) is 0. The Kier molecular flexibility index (Phi) is 4.02. The molecule has 0 radical (unpaired) electrons. The topological polar surface area (TPSA) is 35.2 Å². The van der Waals surface area contributed by atoms with E-state index in [9.17, 15) is 0 Å². The maximum Gasteiger partial charge on any atom is 0.0590 e. The predicted octanol–water partition coefficient (Wildman–Crippen LogP) is 1.93. The van der Waals surface area contributed by atoms with Gasteiger partial charge in [0.2, 0.25) is 0 Å². The van der Waals surface area contributed by atoms with Crippen molar-refractivity contribution in [1.82, 2.24) is 0 Å². The molecule has 0 amide bonds. The van der Waals surface area contributed by atoms with Crippen LogP contribution in [0.5, 0.6) is 0 Å². The standard InChI is InChI=1S/C10H21NO/c1-8(2)5-6-12-10-4-3-9(11)7-10/h8-10H,3-7,11H2,1-2H3. The molecule has 2 atom stereocenters. The van der Waals surface area contributed by atoms with Crippen LogP contribution in [0.3, 0.4) is 0 Å². The van der Waals surface area contributed by atoms with Crippen molar-refractivity contribution in [1.29, 1.82) is 0 Å². The van der Waals surface area contributed by atoms with E-state index in [0.717, 1.165) is 25.4 Å². The molecule has 0 bridgehead atoms. The van der Waals surface area contributed by atoms with E-state index >= 15 is 0 Å². The van der Waals surface area contributed by atoms with E-state index in [2.05, 4.69) is 13.8 Å². The molecule has 2 heteroatoms. The van der Waals surface area contributed by atoms with Crippen LogP contribution in [-0.4, -0.2) is 18.8 Å². The second-order valence-electron chi connectivity index (χ2n) is 4.25. The average molecular weight is 171 g/mol. The van der Waals surface area contributed by atoms with Gasteiger partial charge in [-0.25, -0.2) is 0 Å². The highest BCUT2D eigenvalue weighted by molar-refractivity contribution is 4.78. The Bertz CT molecular complexity index is 125. The molecule has 72 valence electrons. The molecule has 12 heavy (non-hydrogen) atoms. The van der Waals surface area contributed by atoms with Crippen LogP contribution < -0.4 is 5.73 Å². The van der Waals surface area contributed by atoms with Crippen LogP contribution in [0.25, 0.3) is 0 Å². The van der Waals surface area contributed by atoms with Crippen molar-refractivity contribution >= 4 is 0 Å². The molecule has 1 saturated carbocycles. The van der Waals surface area contributed by atoms with Crippen molar-refractivity contribution in [2.24, 2.45) is 11.7 Å². The number of nitrogens with two attached hydrogens (primary N) is 1. The Balaban J connectivity index is 2.00. The summed E-state index contributed by atoms with van der Waals surface area (Å²) in [5, 5.41) is 0. The van der Waals surface area contributed by atoms with Crippen molar-refractivity contribution in [2.75, 3.05) is 6.61 Å². The Morgan fingerprint density at radius 3 is 2.67 bits per heavy atom. The largest absolute Gasteiger partial charge is 0.378 e. The second-order valence-corrected chi connectivity index (χ2v) is 4.25. The third kappa shape index (κ3) is 3.55. The number of hydrogen-bond donors (Lipinski definition) is 1. The van der Waals surface area contributed by atoms with Crippen LogP contribution in [0.4, 0.5) is 0 Å². The normalized spacial score (nSPS) is 30.0. The van der Waals surface area contributed by atoms with Crippen molar-refractivity contribution in [3.8, 4) is 0 Å². The molecule has 2 nitrogen and oxygen atoms in total.